The fourth-order valence-corrected chi connectivity index (χ4v) is 3.38. The van der Waals surface area contributed by atoms with Gasteiger partial charge in [-0.15, -0.1) is 0 Å². The summed E-state index contributed by atoms with van der Waals surface area (Å²) in [6.07, 6.45) is 0.433. The first-order valence-electron chi connectivity index (χ1n) is 8.40. The van der Waals surface area contributed by atoms with Gasteiger partial charge in [-0.3, -0.25) is 0 Å². The number of hydrogen-bond acceptors (Lipinski definition) is 2. The van der Waals surface area contributed by atoms with E-state index in [4.69, 9.17) is 0 Å². The van der Waals surface area contributed by atoms with Crippen molar-refractivity contribution in [2.75, 3.05) is 0 Å². The number of aryl methyl sites for hydroxylation is 1. The lowest BCUT2D eigenvalue weighted by Crippen LogP contribution is -2.08. The summed E-state index contributed by atoms with van der Waals surface area (Å²) < 4.78 is 16.8. The number of carbonyl (C=O) groups is 1. The van der Waals surface area contributed by atoms with Crippen LogP contribution < -0.4 is 0 Å². The first kappa shape index (κ1) is 16.3. The predicted molar refractivity (Wildman–Crippen MR) is 98.8 cm³/mol. The van der Waals surface area contributed by atoms with E-state index in [0.29, 0.717) is 11.1 Å². The molecule has 0 spiro atoms. The van der Waals surface area contributed by atoms with E-state index >= 15 is 0 Å². The van der Waals surface area contributed by atoms with E-state index in [-0.39, 0.29) is 11.7 Å². The standard InChI is InChI=1S/C20H18FN3O2/c1-11(2)17-7-13-8-19-14(10-22-24(19)20(25)26)9-18(13)23(17)15-4-5-16(21)12(3)6-15/h4-11H,1-3H3,(H,25,26). The van der Waals surface area contributed by atoms with Gasteiger partial charge in [-0.1, -0.05) is 13.8 Å². The summed E-state index contributed by atoms with van der Waals surface area (Å²) in [6, 6.07) is 10.9. The van der Waals surface area contributed by atoms with Gasteiger partial charge in [0, 0.05) is 22.2 Å². The molecular weight excluding hydrogens is 333 g/mol. The van der Waals surface area contributed by atoms with Crippen LogP contribution in [0.4, 0.5) is 9.18 Å². The van der Waals surface area contributed by atoms with Gasteiger partial charge in [-0.2, -0.15) is 9.78 Å². The molecule has 0 fully saturated rings. The van der Waals surface area contributed by atoms with Gasteiger partial charge < -0.3 is 9.67 Å². The number of nitrogens with zero attached hydrogens (tertiary/aromatic N) is 3. The van der Waals surface area contributed by atoms with Crippen LogP contribution in [0.25, 0.3) is 27.5 Å². The molecule has 0 atom stereocenters. The molecule has 0 unspecified atom stereocenters. The molecule has 0 saturated heterocycles. The van der Waals surface area contributed by atoms with Crippen LogP contribution in [0.15, 0.2) is 42.6 Å². The fourth-order valence-electron chi connectivity index (χ4n) is 3.38. The average molecular weight is 351 g/mol. The molecule has 5 nitrogen and oxygen atoms in total. The van der Waals surface area contributed by atoms with Gasteiger partial charge in [-0.05, 0) is 54.8 Å². The summed E-state index contributed by atoms with van der Waals surface area (Å²) in [7, 11) is 0. The lowest BCUT2D eigenvalue weighted by Gasteiger charge is -2.14. The van der Waals surface area contributed by atoms with E-state index in [0.717, 1.165) is 32.4 Å². The van der Waals surface area contributed by atoms with Crippen LogP contribution in [0.3, 0.4) is 0 Å². The number of aromatic nitrogens is 3. The van der Waals surface area contributed by atoms with Crippen molar-refractivity contribution in [2.45, 2.75) is 26.7 Å². The minimum Gasteiger partial charge on any atom is -0.463 e. The van der Waals surface area contributed by atoms with Gasteiger partial charge in [-0.25, -0.2) is 9.18 Å². The van der Waals surface area contributed by atoms with E-state index in [2.05, 4.69) is 29.6 Å². The number of benzene rings is 2. The van der Waals surface area contributed by atoms with E-state index in [1.807, 2.05) is 18.2 Å². The maximum absolute atomic E-state index is 13.7. The molecule has 0 aliphatic rings. The SMILES string of the molecule is Cc1cc(-n2c(C(C)C)cc3cc4c(cnn4C(=O)O)cc32)ccc1F. The van der Waals surface area contributed by atoms with Crippen LogP contribution in [-0.2, 0) is 0 Å². The Labute approximate surface area is 149 Å². The summed E-state index contributed by atoms with van der Waals surface area (Å²) in [5, 5.41) is 14.9. The van der Waals surface area contributed by atoms with Crippen molar-refractivity contribution >= 4 is 27.9 Å². The zero-order valence-electron chi connectivity index (χ0n) is 14.7. The van der Waals surface area contributed by atoms with Gasteiger partial charge in [0.15, 0.2) is 0 Å². The molecule has 0 saturated carbocycles. The number of rotatable bonds is 2. The topological polar surface area (TPSA) is 60.0 Å². The van der Waals surface area contributed by atoms with Crippen LogP contribution >= 0.6 is 0 Å². The van der Waals surface area contributed by atoms with E-state index in [9.17, 15) is 14.3 Å². The summed E-state index contributed by atoms with van der Waals surface area (Å²) in [5.74, 6) is 0.00766. The minimum absolute atomic E-state index is 0.235. The van der Waals surface area contributed by atoms with Gasteiger partial charge >= 0.3 is 6.09 Å². The Kier molecular flexibility index (Phi) is 3.57. The number of hydrogen-bond donors (Lipinski definition) is 1. The van der Waals surface area contributed by atoms with Gasteiger partial charge in [0.05, 0.1) is 17.2 Å². The Balaban J connectivity index is 2.06. The van der Waals surface area contributed by atoms with Crippen molar-refractivity contribution in [3.05, 3.63) is 59.7 Å². The molecule has 4 rings (SSSR count). The summed E-state index contributed by atoms with van der Waals surface area (Å²) in [6.45, 7) is 5.94. The monoisotopic (exact) mass is 351 g/mol. The van der Waals surface area contributed by atoms with Crippen LogP contribution in [0.1, 0.15) is 31.0 Å². The average Bonchev–Trinajstić information content (AvgIpc) is 3.16. The Morgan fingerprint density at radius 2 is 1.85 bits per heavy atom. The first-order chi connectivity index (χ1) is 12.4. The highest BCUT2D eigenvalue weighted by atomic mass is 19.1. The molecule has 0 amide bonds. The Hall–Kier alpha value is -3.15. The number of fused-ring (bicyclic) bond motifs is 2. The predicted octanol–water partition coefficient (Wildman–Crippen LogP) is 5.08. The summed E-state index contributed by atoms with van der Waals surface area (Å²) in [4.78, 5) is 11.3. The van der Waals surface area contributed by atoms with Crippen LogP contribution in [0.2, 0.25) is 0 Å². The lowest BCUT2D eigenvalue weighted by atomic mass is 10.1. The van der Waals surface area contributed by atoms with Crippen LogP contribution in [0, 0.1) is 12.7 Å². The van der Waals surface area contributed by atoms with Gasteiger partial charge in [0.25, 0.3) is 0 Å². The van der Waals surface area contributed by atoms with E-state index < -0.39 is 6.09 Å². The van der Waals surface area contributed by atoms with Crippen molar-refractivity contribution in [3.8, 4) is 5.69 Å². The molecule has 0 bridgehead atoms. The van der Waals surface area contributed by atoms with E-state index in [1.54, 1.807) is 19.2 Å². The van der Waals surface area contributed by atoms with Crippen molar-refractivity contribution in [1.29, 1.82) is 0 Å². The number of carboxylic acid groups (broad SMARTS) is 1. The highest BCUT2D eigenvalue weighted by Crippen LogP contribution is 2.32. The smallest absolute Gasteiger partial charge is 0.432 e. The highest BCUT2D eigenvalue weighted by Gasteiger charge is 2.17. The largest absolute Gasteiger partial charge is 0.463 e. The molecule has 132 valence electrons. The Morgan fingerprint density at radius 3 is 2.50 bits per heavy atom. The molecule has 1 N–H and O–H groups in total. The van der Waals surface area contributed by atoms with Gasteiger partial charge in [0.1, 0.15) is 5.82 Å². The number of halogens is 1. The second-order valence-corrected chi connectivity index (χ2v) is 6.80. The molecule has 6 heteroatoms. The van der Waals surface area contributed by atoms with Crippen LogP contribution in [-0.4, -0.2) is 25.5 Å². The van der Waals surface area contributed by atoms with Gasteiger partial charge in [0.2, 0.25) is 0 Å². The third-order valence-corrected chi connectivity index (χ3v) is 4.69. The molecule has 0 radical (unpaired) electrons. The van der Waals surface area contributed by atoms with Crippen molar-refractivity contribution < 1.29 is 14.3 Å². The zero-order valence-corrected chi connectivity index (χ0v) is 14.7. The molecule has 4 aromatic rings. The first-order valence-corrected chi connectivity index (χ1v) is 8.40. The molecule has 26 heavy (non-hydrogen) atoms. The molecule has 0 aliphatic carbocycles. The van der Waals surface area contributed by atoms with Crippen molar-refractivity contribution in [3.63, 3.8) is 0 Å². The maximum Gasteiger partial charge on any atom is 0.432 e. The molecule has 2 heterocycles. The second kappa shape index (κ2) is 5.69. The van der Waals surface area contributed by atoms with Crippen molar-refractivity contribution in [1.82, 2.24) is 14.3 Å². The fraction of sp³-hybridized carbons (Fsp3) is 0.200. The third-order valence-electron chi connectivity index (χ3n) is 4.69. The third kappa shape index (κ3) is 2.37. The van der Waals surface area contributed by atoms with E-state index in [1.165, 1.54) is 6.07 Å². The molecule has 2 aromatic carbocycles. The Bertz CT molecular complexity index is 1170. The van der Waals surface area contributed by atoms with Crippen molar-refractivity contribution in [2.24, 2.45) is 0 Å². The second-order valence-electron chi connectivity index (χ2n) is 6.80. The molecule has 2 aromatic heterocycles. The van der Waals surface area contributed by atoms with Crippen LogP contribution in [0.5, 0.6) is 0 Å². The molecule has 0 aliphatic heterocycles. The maximum atomic E-state index is 13.7. The zero-order chi connectivity index (χ0) is 18.6. The quantitative estimate of drug-likeness (QED) is 0.548. The highest BCUT2D eigenvalue weighted by molar-refractivity contribution is 5.99. The lowest BCUT2D eigenvalue weighted by molar-refractivity contribution is 0.194. The Morgan fingerprint density at radius 1 is 1.12 bits per heavy atom. The molecular formula is C20H18FN3O2. The summed E-state index contributed by atoms with van der Waals surface area (Å²) in [5.41, 5.74) is 4.03. The normalized spacial score (nSPS) is 11.7. The summed E-state index contributed by atoms with van der Waals surface area (Å²) >= 11 is 0. The minimum atomic E-state index is -1.11.